The lowest BCUT2D eigenvalue weighted by molar-refractivity contribution is -0.140. The number of hydrogen-bond donors (Lipinski definition) is 1. The Kier molecular flexibility index (Phi) is 8.84. The molecule has 32 heavy (non-hydrogen) atoms. The number of carbonyl (C=O) groups is 1. The van der Waals surface area contributed by atoms with E-state index >= 15 is 0 Å². The maximum atomic E-state index is 12.8. The molecule has 1 amide bonds. The SMILES string of the molecule is CN=C(NCCc1c(OC)cc(OC)cc1OC)N1CCC(C(=O)N2CCOCC2)CC1. The molecule has 2 aliphatic rings. The third-order valence-electron chi connectivity index (χ3n) is 6.15. The molecule has 2 saturated heterocycles. The van der Waals surface area contributed by atoms with Gasteiger partial charge in [-0.15, -0.1) is 0 Å². The van der Waals surface area contributed by atoms with Gasteiger partial charge in [-0.3, -0.25) is 9.79 Å². The molecule has 178 valence electrons. The molecule has 0 saturated carbocycles. The van der Waals surface area contributed by atoms with Crippen molar-refractivity contribution >= 4 is 11.9 Å². The van der Waals surface area contributed by atoms with Crippen molar-refractivity contribution in [1.82, 2.24) is 15.1 Å². The monoisotopic (exact) mass is 448 g/mol. The molecule has 9 heteroatoms. The molecule has 0 bridgehead atoms. The number of morpholine rings is 1. The minimum atomic E-state index is 0.0928. The highest BCUT2D eigenvalue weighted by atomic mass is 16.5. The largest absolute Gasteiger partial charge is 0.496 e. The number of likely N-dealkylation sites (tertiary alicyclic amines) is 1. The molecule has 2 aliphatic heterocycles. The summed E-state index contributed by atoms with van der Waals surface area (Å²) in [5.41, 5.74) is 0.980. The van der Waals surface area contributed by atoms with Crippen molar-refractivity contribution in [2.45, 2.75) is 19.3 Å². The third-order valence-corrected chi connectivity index (χ3v) is 6.15. The van der Waals surface area contributed by atoms with Crippen LogP contribution in [0.3, 0.4) is 0 Å². The molecule has 0 aromatic heterocycles. The number of amides is 1. The van der Waals surface area contributed by atoms with Gasteiger partial charge < -0.3 is 34.1 Å². The molecule has 0 spiro atoms. The van der Waals surface area contributed by atoms with Crippen LogP contribution in [0.25, 0.3) is 0 Å². The van der Waals surface area contributed by atoms with E-state index in [-0.39, 0.29) is 11.8 Å². The van der Waals surface area contributed by atoms with Gasteiger partial charge in [-0.25, -0.2) is 0 Å². The maximum absolute atomic E-state index is 12.8. The fourth-order valence-electron chi connectivity index (χ4n) is 4.34. The van der Waals surface area contributed by atoms with Crippen LogP contribution < -0.4 is 19.5 Å². The van der Waals surface area contributed by atoms with Gasteiger partial charge in [0.25, 0.3) is 0 Å². The first-order valence-corrected chi connectivity index (χ1v) is 11.2. The first-order valence-electron chi connectivity index (χ1n) is 11.2. The van der Waals surface area contributed by atoms with E-state index in [2.05, 4.69) is 15.2 Å². The topological polar surface area (TPSA) is 84.9 Å². The van der Waals surface area contributed by atoms with Gasteiger partial charge in [-0.2, -0.15) is 0 Å². The van der Waals surface area contributed by atoms with Crippen molar-refractivity contribution in [3.63, 3.8) is 0 Å². The van der Waals surface area contributed by atoms with Crippen molar-refractivity contribution in [2.24, 2.45) is 10.9 Å². The highest BCUT2D eigenvalue weighted by Gasteiger charge is 2.30. The molecule has 1 aromatic rings. The standard InChI is InChI=1S/C23H36N4O5/c1-24-23(25-8-5-19-20(30-3)15-18(29-2)16-21(19)31-4)27-9-6-17(7-10-27)22(28)26-11-13-32-14-12-26/h15-17H,5-14H2,1-4H3,(H,24,25). The Morgan fingerprint density at radius 2 is 1.66 bits per heavy atom. The summed E-state index contributed by atoms with van der Waals surface area (Å²) in [4.78, 5) is 21.4. The van der Waals surface area contributed by atoms with Gasteiger partial charge in [0.2, 0.25) is 5.91 Å². The summed E-state index contributed by atoms with van der Waals surface area (Å²) in [5, 5.41) is 3.45. The zero-order valence-electron chi connectivity index (χ0n) is 19.7. The smallest absolute Gasteiger partial charge is 0.225 e. The van der Waals surface area contributed by atoms with Crippen LogP contribution in [0.1, 0.15) is 18.4 Å². The molecule has 2 heterocycles. The molecule has 0 radical (unpaired) electrons. The summed E-state index contributed by atoms with van der Waals surface area (Å²) < 4.78 is 21.8. The summed E-state index contributed by atoms with van der Waals surface area (Å²) in [6.45, 7) is 5.01. The zero-order chi connectivity index (χ0) is 22.9. The van der Waals surface area contributed by atoms with Crippen molar-refractivity contribution in [2.75, 3.05) is 74.3 Å². The van der Waals surface area contributed by atoms with Crippen molar-refractivity contribution in [1.29, 1.82) is 0 Å². The number of nitrogens with one attached hydrogen (secondary N) is 1. The number of ether oxygens (including phenoxy) is 4. The van der Waals surface area contributed by atoms with Crippen LogP contribution in [-0.4, -0.2) is 96.0 Å². The summed E-state index contributed by atoms with van der Waals surface area (Å²) in [7, 11) is 6.71. The fraction of sp³-hybridized carbons (Fsp3) is 0.652. The molecule has 0 aliphatic carbocycles. The summed E-state index contributed by atoms with van der Waals surface area (Å²) >= 11 is 0. The number of aliphatic imine (C=N–C) groups is 1. The number of hydrogen-bond acceptors (Lipinski definition) is 6. The van der Waals surface area contributed by atoms with Crippen molar-refractivity contribution in [3.8, 4) is 17.2 Å². The predicted octanol–water partition coefficient (Wildman–Crippen LogP) is 1.40. The first-order chi connectivity index (χ1) is 15.6. The number of carbonyl (C=O) groups excluding carboxylic acids is 1. The molecule has 0 atom stereocenters. The lowest BCUT2D eigenvalue weighted by Crippen LogP contribution is -2.50. The molecule has 1 aromatic carbocycles. The molecule has 0 unspecified atom stereocenters. The third kappa shape index (κ3) is 5.76. The van der Waals surface area contributed by atoms with E-state index in [1.54, 1.807) is 28.4 Å². The Morgan fingerprint density at radius 1 is 1.03 bits per heavy atom. The second-order valence-electron chi connectivity index (χ2n) is 7.93. The van der Waals surface area contributed by atoms with Gasteiger partial charge in [0.15, 0.2) is 5.96 Å². The lowest BCUT2D eigenvalue weighted by atomic mass is 9.95. The minimum absolute atomic E-state index is 0.0928. The lowest BCUT2D eigenvalue weighted by Gasteiger charge is -2.36. The van der Waals surface area contributed by atoms with Crippen molar-refractivity contribution in [3.05, 3.63) is 17.7 Å². The van der Waals surface area contributed by atoms with Crippen LogP contribution in [0.5, 0.6) is 17.2 Å². The van der Waals surface area contributed by atoms with E-state index in [4.69, 9.17) is 18.9 Å². The van der Waals surface area contributed by atoms with Gasteiger partial charge >= 0.3 is 0 Å². The van der Waals surface area contributed by atoms with Gasteiger partial charge in [-0.1, -0.05) is 0 Å². The summed E-state index contributed by atoms with van der Waals surface area (Å²) in [6.07, 6.45) is 2.40. The molecule has 2 fully saturated rings. The van der Waals surface area contributed by atoms with E-state index in [0.29, 0.717) is 45.0 Å². The number of piperidine rings is 1. The molecule has 1 N–H and O–H groups in total. The highest BCUT2D eigenvalue weighted by Crippen LogP contribution is 2.34. The quantitative estimate of drug-likeness (QED) is 0.499. The highest BCUT2D eigenvalue weighted by molar-refractivity contribution is 5.81. The Bertz CT molecular complexity index is 762. The zero-order valence-corrected chi connectivity index (χ0v) is 19.7. The van der Waals surface area contributed by atoms with Crippen LogP contribution in [0.2, 0.25) is 0 Å². The van der Waals surface area contributed by atoms with Crippen LogP contribution in [-0.2, 0) is 16.0 Å². The Morgan fingerprint density at radius 3 is 2.19 bits per heavy atom. The molecule has 9 nitrogen and oxygen atoms in total. The molecular weight excluding hydrogens is 412 g/mol. The predicted molar refractivity (Wildman–Crippen MR) is 123 cm³/mol. The Labute approximate surface area is 190 Å². The van der Waals surface area contributed by atoms with Gasteiger partial charge in [-0.05, 0) is 19.3 Å². The van der Waals surface area contributed by atoms with Gasteiger partial charge in [0, 0.05) is 63.4 Å². The second kappa shape index (κ2) is 11.8. The maximum Gasteiger partial charge on any atom is 0.225 e. The minimum Gasteiger partial charge on any atom is -0.496 e. The van der Waals surface area contributed by atoms with Crippen LogP contribution in [0.15, 0.2) is 17.1 Å². The fourth-order valence-corrected chi connectivity index (χ4v) is 4.34. The molecular formula is C23H36N4O5. The average Bonchev–Trinajstić information content (AvgIpc) is 2.86. The molecule has 3 rings (SSSR count). The normalized spacial score (nSPS) is 17.8. The number of benzene rings is 1. The second-order valence-corrected chi connectivity index (χ2v) is 7.93. The van der Waals surface area contributed by atoms with E-state index in [1.165, 1.54) is 0 Å². The van der Waals surface area contributed by atoms with Crippen LogP contribution >= 0.6 is 0 Å². The number of guanidine groups is 1. The van der Waals surface area contributed by atoms with Crippen molar-refractivity contribution < 1.29 is 23.7 Å². The Hall–Kier alpha value is -2.68. The van der Waals surface area contributed by atoms with Gasteiger partial charge in [0.1, 0.15) is 17.2 Å². The van der Waals surface area contributed by atoms with Gasteiger partial charge in [0.05, 0.1) is 34.5 Å². The number of methoxy groups -OCH3 is 3. The van der Waals surface area contributed by atoms with E-state index < -0.39 is 0 Å². The van der Waals surface area contributed by atoms with E-state index in [1.807, 2.05) is 17.0 Å². The Balaban J connectivity index is 1.52. The van der Waals surface area contributed by atoms with Crippen LogP contribution in [0, 0.1) is 5.92 Å². The van der Waals surface area contributed by atoms with E-state index in [0.717, 1.165) is 49.0 Å². The van der Waals surface area contributed by atoms with Crippen LogP contribution in [0.4, 0.5) is 0 Å². The van der Waals surface area contributed by atoms with E-state index in [9.17, 15) is 4.79 Å². The first kappa shape index (κ1) is 24.0. The summed E-state index contributed by atoms with van der Waals surface area (Å²) in [5.74, 6) is 3.39. The number of rotatable bonds is 7. The average molecular weight is 449 g/mol. The summed E-state index contributed by atoms with van der Waals surface area (Å²) in [6, 6.07) is 3.73. The number of nitrogens with zero attached hydrogens (tertiary/aromatic N) is 3.